The van der Waals surface area contributed by atoms with Gasteiger partial charge in [-0.1, -0.05) is 152 Å². The molecule has 0 aliphatic heterocycles. The van der Waals surface area contributed by atoms with Crippen molar-refractivity contribution in [3.05, 3.63) is 176 Å². The smallest absolute Gasteiger partial charge is 0.164 e. The third-order valence-electron chi connectivity index (χ3n) is 9.70. The molecule has 8 aromatic carbocycles. The summed E-state index contributed by atoms with van der Waals surface area (Å²) in [6, 6.07) is 61.1. The second-order valence-corrected chi connectivity index (χ2v) is 12.8. The van der Waals surface area contributed by atoms with Crippen molar-refractivity contribution in [2.24, 2.45) is 0 Å². The van der Waals surface area contributed by atoms with Crippen LogP contribution in [0.25, 0.3) is 99.9 Å². The standard InChI is InChI=1S/C47H29N3O/c1-3-11-30(12-4-1)32-19-22-34(23-20-32)40-28-38(29-42-44(40)43-39-18-10-9-14-33(39)25-26-41(43)51-42)47-49-45(35-15-5-2-6-16-35)48-46(50-47)37-24-21-31-13-7-8-17-36(31)27-37/h1-29H. The lowest BCUT2D eigenvalue weighted by Gasteiger charge is -2.12. The summed E-state index contributed by atoms with van der Waals surface area (Å²) in [4.78, 5) is 15.2. The number of nitrogens with zero attached hydrogens (tertiary/aromatic N) is 3. The number of hydrogen-bond donors (Lipinski definition) is 0. The number of aromatic nitrogens is 3. The van der Waals surface area contributed by atoms with Gasteiger partial charge in [-0.25, -0.2) is 15.0 Å². The summed E-state index contributed by atoms with van der Waals surface area (Å²) in [5, 5.41) is 6.82. The average molecular weight is 652 g/mol. The largest absolute Gasteiger partial charge is 0.456 e. The highest BCUT2D eigenvalue weighted by Crippen LogP contribution is 2.43. The molecule has 10 rings (SSSR count). The van der Waals surface area contributed by atoms with E-state index in [2.05, 4.69) is 140 Å². The third kappa shape index (κ3) is 5.13. The molecule has 0 saturated heterocycles. The second-order valence-electron chi connectivity index (χ2n) is 12.8. The molecule has 10 aromatic rings. The van der Waals surface area contributed by atoms with Crippen molar-refractivity contribution >= 4 is 43.5 Å². The van der Waals surface area contributed by atoms with Crippen molar-refractivity contribution in [3.8, 4) is 56.4 Å². The molecule has 0 N–H and O–H groups in total. The lowest BCUT2D eigenvalue weighted by Crippen LogP contribution is -2.00. The Labute approximate surface area is 294 Å². The zero-order valence-corrected chi connectivity index (χ0v) is 27.5. The Kier molecular flexibility index (Phi) is 6.78. The van der Waals surface area contributed by atoms with Gasteiger partial charge in [0.2, 0.25) is 0 Å². The van der Waals surface area contributed by atoms with Gasteiger partial charge in [0.15, 0.2) is 17.5 Å². The minimum atomic E-state index is 0.585. The first-order valence-corrected chi connectivity index (χ1v) is 17.1. The minimum absolute atomic E-state index is 0.585. The Morgan fingerprint density at radius 2 is 0.863 bits per heavy atom. The molecule has 51 heavy (non-hydrogen) atoms. The van der Waals surface area contributed by atoms with E-state index < -0.39 is 0 Å². The van der Waals surface area contributed by atoms with E-state index >= 15 is 0 Å². The van der Waals surface area contributed by atoms with Crippen LogP contribution in [0.2, 0.25) is 0 Å². The van der Waals surface area contributed by atoms with Crippen LogP contribution in [-0.4, -0.2) is 15.0 Å². The molecular weight excluding hydrogens is 623 g/mol. The van der Waals surface area contributed by atoms with Gasteiger partial charge in [0.1, 0.15) is 11.2 Å². The molecule has 0 unspecified atom stereocenters. The van der Waals surface area contributed by atoms with Gasteiger partial charge >= 0.3 is 0 Å². The Morgan fingerprint density at radius 1 is 0.314 bits per heavy atom. The van der Waals surface area contributed by atoms with Crippen LogP contribution in [0, 0.1) is 0 Å². The number of benzene rings is 8. The highest BCUT2D eigenvalue weighted by Gasteiger charge is 2.20. The van der Waals surface area contributed by atoms with E-state index in [9.17, 15) is 0 Å². The summed E-state index contributed by atoms with van der Waals surface area (Å²) in [5.74, 6) is 1.82. The van der Waals surface area contributed by atoms with Gasteiger partial charge in [-0.2, -0.15) is 0 Å². The lowest BCUT2D eigenvalue weighted by molar-refractivity contribution is 0.669. The maximum absolute atomic E-state index is 6.68. The number of furan rings is 1. The van der Waals surface area contributed by atoms with Crippen LogP contribution < -0.4 is 0 Å². The van der Waals surface area contributed by atoms with Gasteiger partial charge in [-0.3, -0.25) is 0 Å². The molecule has 238 valence electrons. The van der Waals surface area contributed by atoms with Crippen LogP contribution in [0.15, 0.2) is 180 Å². The second kappa shape index (κ2) is 11.9. The first kappa shape index (κ1) is 29.0. The molecule has 2 heterocycles. The maximum Gasteiger partial charge on any atom is 0.164 e. The molecule has 0 saturated carbocycles. The molecule has 0 fully saturated rings. The summed E-state index contributed by atoms with van der Waals surface area (Å²) >= 11 is 0. The fourth-order valence-electron chi connectivity index (χ4n) is 7.18. The first-order valence-electron chi connectivity index (χ1n) is 17.1. The first-order chi connectivity index (χ1) is 25.2. The molecule has 4 nitrogen and oxygen atoms in total. The third-order valence-corrected chi connectivity index (χ3v) is 9.70. The summed E-state index contributed by atoms with van der Waals surface area (Å²) < 4.78 is 6.68. The van der Waals surface area contributed by atoms with E-state index in [1.54, 1.807) is 0 Å². The average Bonchev–Trinajstić information content (AvgIpc) is 3.60. The highest BCUT2D eigenvalue weighted by atomic mass is 16.3. The molecule has 0 spiro atoms. The summed E-state index contributed by atoms with van der Waals surface area (Å²) in [6.07, 6.45) is 0. The zero-order chi connectivity index (χ0) is 33.7. The Morgan fingerprint density at radius 3 is 1.63 bits per heavy atom. The topological polar surface area (TPSA) is 51.8 Å². The quantitative estimate of drug-likeness (QED) is 0.186. The van der Waals surface area contributed by atoms with Crippen LogP contribution in [0.4, 0.5) is 0 Å². The van der Waals surface area contributed by atoms with Crippen molar-refractivity contribution in [1.29, 1.82) is 0 Å². The predicted molar refractivity (Wildman–Crippen MR) is 209 cm³/mol. The Bertz CT molecular complexity index is 2900. The highest BCUT2D eigenvalue weighted by molar-refractivity contribution is 6.23. The maximum atomic E-state index is 6.68. The van der Waals surface area contributed by atoms with E-state index in [0.717, 1.165) is 60.5 Å². The molecule has 0 atom stereocenters. The van der Waals surface area contributed by atoms with E-state index in [1.807, 2.05) is 36.4 Å². The predicted octanol–water partition coefficient (Wildman–Crippen LogP) is 12.4. The van der Waals surface area contributed by atoms with E-state index in [-0.39, 0.29) is 0 Å². The summed E-state index contributed by atoms with van der Waals surface area (Å²) in [5.41, 5.74) is 8.85. The van der Waals surface area contributed by atoms with Gasteiger partial charge in [0, 0.05) is 27.5 Å². The molecular formula is C47H29N3O. The zero-order valence-electron chi connectivity index (χ0n) is 27.5. The van der Waals surface area contributed by atoms with Crippen molar-refractivity contribution in [2.75, 3.05) is 0 Å². The molecule has 0 amide bonds. The Balaban J connectivity index is 1.23. The van der Waals surface area contributed by atoms with Crippen LogP contribution >= 0.6 is 0 Å². The number of rotatable bonds is 5. The minimum Gasteiger partial charge on any atom is -0.456 e. The van der Waals surface area contributed by atoms with E-state index in [4.69, 9.17) is 19.4 Å². The molecule has 0 aliphatic carbocycles. The van der Waals surface area contributed by atoms with Crippen molar-refractivity contribution in [3.63, 3.8) is 0 Å². The van der Waals surface area contributed by atoms with Crippen molar-refractivity contribution in [1.82, 2.24) is 15.0 Å². The van der Waals surface area contributed by atoms with Crippen molar-refractivity contribution in [2.45, 2.75) is 0 Å². The van der Waals surface area contributed by atoms with E-state index in [1.165, 1.54) is 21.9 Å². The van der Waals surface area contributed by atoms with Gasteiger partial charge in [0.25, 0.3) is 0 Å². The van der Waals surface area contributed by atoms with Gasteiger partial charge in [0.05, 0.1) is 0 Å². The molecule has 0 bridgehead atoms. The van der Waals surface area contributed by atoms with Gasteiger partial charge < -0.3 is 4.42 Å². The van der Waals surface area contributed by atoms with Gasteiger partial charge in [-0.15, -0.1) is 0 Å². The fourth-order valence-corrected chi connectivity index (χ4v) is 7.18. The van der Waals surface area contributed by atoms with Gasteiger partial charge in [-0.05, 0) is 68.1 Å². The van der Waals surface area contributed by atoms with Crippen LogP contribution in [0.5, 0.6) is 0 Å². The molecule has 0 radical (unpaired) electrons. The summed E-state index contributed by atoms with van der Waals surface area (Å²) in [7, 11) is 0. The van der Waals surface area contributed by atoms with Crippen LogP contribution in [0.3, 0.4) is 0 Å². The fraction of sp³-hybridized carbons (Fsp3) is 0. The Hall–Kier alpha value is -6.91. The molecule has 4 heteroatoms. The normalized spacial score (nSPS) is 11.5. The monoisotopic (exact) mass is 651 g/mol. The van der Waals surface area contributed by atoms with Crippen LogP contribution in [0.1, 0.15) is 0 Å². The molecule has 2 aromatic heterocycles. The summed E-state index contributed by atoms with van der Waals surface area (Å²) in [6.45, 7) is 0. The van der Waals surface area contributed by atoms with Crippen LogP contribution in [-0.2, 0) is 0 Å². The SMILES string of the molecule is c1ccc(-c2ccc(-c3cc(-c4nc(-c5ccccc5)nc(-c5ccc6ccccc6c5)n4)cc4oc5ccc6ccccc6c5c34)cc2)cc1. The molecule has 0 aliphatic rings. The van der Waals surface area contributed by atoms with E-state index in [0.29, 0.717) is 17.5 Å². The number of hydrogen-bond acceptors (Lipinski definition) is 4. The number of fused-ring (bicyclic) bond motifs is 6. The lowest BCUT2D eigenvalue weighted by atomic mass is 9.93. The van der Waals surface area contributed by atoms with Crippen molar-refractivity contribution < 1.29 is 4.42 Å².